The molecule has 0 saturated carbocycles. The number of hydrogen-bond acceptors (Lipinski definition) is 6. The summed E-state index contributed by atoms with van der Waals surface area (Å²) >= 11 is 0. The Morgan fingerprint density at radius 1 is 1.17 bits per heavy atom. The fourth-order valence-corrected chi connectivity index (χ4v) is 2.72. The quantitative estimate of drug-likeness (QED) is 0.452. The highest BCUT2D eigenvalue weighted by Gasteiger charge is 2.30. The largest absolute Gasteiger partial charge is 0.496 e. The number of oxime groups is 1. The second kappa shape index (κ2) is 8.39. The average Bonchev–Trinajstić information content (AvgIpc) is 3.05. The van der Waals surface area contributed by atoms with Crippen LogP contribution in [0, 0.1) is 0 Å². The van der Waals surface area contributed by atoms with Gasteiger partial charge in [-0.05, 0) is 47.2 Å². The van der Waals surface area contributed by atoms with Crippen molar-refractivity contribution in [2.24, 2.45) is 12.2 Å². The van der Waals surface area contributed by atoms with Gasteiger partial charge in [0.25, 0.3) is 0 Å². The van der Waals surface area contributed by atoms with E-state index >= 15 is 0 Å². The summed E-state index contributed by atoms with van der Waals surface area (Å²) in [6.45, 7) is 1.42. The zero-order chi connectivity index (χ0) is 21.9. The minimum absolute atomic E-state index is 0.112. The molecule has 0 unspecified atom stereocenters. The van der Waals surface area contributed by atoms with Crippen molar-refractivity contribution in [2.45, 2.75) is 19.7 Å². The maximum Gasteiger partial charge on any atom is 0.416 e. The van der Waals surface area contributed by atoms with Crippen LogP contribution in [0.3, 0.4) is 0 Å². The van der Waals surface area contributed by atoms with Gasteiger partial charge in [0.2, 0.25) is 0 Å². The Labute approximate surface area is 169 Å². The predicted molar refractivity (Wildman–Crippen MR) is 102 cm³/mol. The van der Waals surface area contributed by atoms with E-state index in [0.717, 1.165) is 21.5 Å². The Bertz CT molecular complexity index is 1130. The number of tetrazole rings is 1. The van der Waals surface area contributed by atoms with E-state index in [1.54, 1.807) is 18.2 Å². The van der Waals surface area contributed by atoms with E-state index in [4.69, 9.17) is 9.57 Å². The Balaban J connectivity index is 1.87. The van der Waals surface area contributed by atoms with Crippen molar-refractivity contribution in [1.82, 2.24) is 19.8 Å². The van der Waals surface area contributed by atoms with Gasteiger partial charge in [-0.25, -0.2) is 4.79 Å². The molecule has 1 aromatic heterocycles. The smallest absolute Gasteiger partial charge is 0.416 e. The molecule has 0 spiro atoms. The van der Waals surface area contributed by atoms with Crippen LogP contribution in [0.2, 0.25) is 0 Å². The molecule has 0 fully saturated rings. The second-order valence-electron chi connectivity index (χ2n) is 6.28. The molecular weight excluding hydrogens is 403 g/mol. The summed E-state index contributed by atoms with van der Waals surface area (Å²) in [5.41, 5.74) is 0.156. The molecule has 3 rings (SSSR count). The highest BCUT2D eigenvalue weighted by molar-refractivity contribution is 5.98. The summed E-state index contributed by atoms with van der Waals surface area (Å²) in [5, 5.41) is 11.4. The van der Waals surface area contributed by atoms with Gasteiger partial charge in [-0.15, -0.1) is 0 Å². The number of methoxy groups -OCH3 is 1. The van der Waals surface area contributed by atoms with Gasteiger partial charge in [0.1, 0.15) is 12.4 Å². The first-order valence-electron chi connectivity index (χ1n) is 8.72. The first-order valence-corrected chi connectivity index (χ1v) is 8.72. The zero-order valence-corrected chi connectivity index (χ0v) is 16.3. The van der Waals surface area contributed by atoms with E-state index in [9.17, 15) is 18.0 Å². The Kier molecular flexibility index (Phi) is 5.90. The lowest BCUT2D eigenvalue weighted by Crippen LogP contribution is -2.23. The van der Waals surface area contributed by atoms with Crippen LogP contribution in [0.5, 0.6) is 5.75 Å². The first kappa shape index (κ1) is 21.1. The maximum atomic E-state index is 12.9. The van der Waals surface area contributed by atoms with Crippen molar-refractivity contribution in [1.29, 1.82) is 0 Å². The van der Waals surface area contributed by atoms with E-state index in [-0.39, 0.29) is 17.9 Å². The van der Waals surface area contributed by atoms with Crippen LogP contribution in [0.1, 0.15) is 23.6 Å². The molecule has 30 heavy (non-hydrogen) atoms. The highest BCUT2D eigenvalue weighted by atomic mass is 19.4. The molecule has 0 N–H and O–H groups in total. The average molecular weight is 421 g/mol. The van der Waals surface area contributed by atoms with Crippen molar-refractivity contribution in [2.75, 3.05) is 7.11 Å². The third-order valence-electron chi connectivity index (χ3n) is 4.30. The molecule has 0 radical (unpaired) electrons. The molecule has 2 aromatic carbocycles. The van der Waals surface area contributed by atoms with Gasteiger partial charge < -0.3 is 9.57 Å². The summed E-state index contributed by atoms with van der Waals surface area (Å²) in [6.07, 6.45) is -4.45. The van der Waals surface area contributed by atoms with E-state index in [2.05, 4.69) is 15.6 Å². The Hall–Kier alpha value is -3.63. The molecule has 0 saturated heterocycles. The lowest BCUT2D eigenvalue weighted by molar-refractivity contribution is -0.137. The molecule has 0 aliphatic carbocycles. The standard InChI is InChI=1S/C19H18F3N5O3/c1-12(13-6-4-7-14(10-13)19(20,21)22)23-30-11-15-16(8-5-9-17(15)29-3)27-18(28)26(2)24-25-27/h4-10H,11H2,1-3H3/b23-12-. The maximum absolute atomic E-state index is 12.9. The lowest BCUT2D eigenvalue weighted by atomic mass is 10.1. The van der Waals surface area contributed by atoms with Crippen LogP contribution in [0.4, 0.5) is 13.2 Å². The van der Waals surface area contributed by atoms with Gasteiger partial charge in [0.05, 0.1) is 29.6 Å². The third-order valence-corrected chi connectivity index (χ3v) is 4.30. The monoisotopic (exact) mass is 421 g/mol. The number of halogens is 3. The number of ether oxygens (including phenoxy) is 1. The van der Waals surface area contributed by atoms with E-state index in [1.165, 1.54) is 33.2 Å². The van der Waals surface area contributed by atoms with Gasteiger partial charge in [0, 0.05) is 7.05 Å². The topological polar surface area (TPSA) is 83.5 Å². The number of hydrogen-bond donors (Lipinski definition) is 0. The van der Waals surface area contributed by atoms with Crippen molar-refractivity contribution < 1.29 is 22.7 Å². The number of benzene rings is 2. The van der Waals surface area contributed by atoms with Crippen LogP contribution < -0.4 is 10.4 Å². The van der Waals surface area contributed by atoms with Crippen molar-refractivity contribution in [3.8, 4) is 11.4 Å². The van der Waals surface area contributed by atoms with Gasteiger partial charge in [0.15, 0.2) is 0 Å². The number of alkyl halides is 3. The van der Waals surface area contributed by atoms with E-state index in [1.807, 2.05) is 0 Å². The van der Waals surface area contributed by atoms with Gasteiger partial charge in [-0.2, -0.15) is 22.5 Å². The fraction of sp³-hybridized carbons (Fsp3) is 0.263. The molecule has 0 aliphatic rings. The molecule has 0 bridgehead atoms. The van der Waals surface area contributed by atoms with Crippen LogP contribution in [0.15, 0.2) is 52.4 Å². The minimum atomic E-state index is -4.45. The molecule has 8 nitrogen and oxygen atoms in total. The SMILES string of the molecule is COc1cccc(-n2nnn(C)c2=O)c1CO/N=C(/C)c1cccc(C(F)(F)F)c1. The summed E-state index contributed by atoms with van der Waals surface area (Å²) in [4.78, 5) is 17.6. The third kappa shape index (κ3) is 4.34. The summed E-state index contributed by atoms with van der Waals surface area (Å²) in [7, 11) is 2.92. The number of rotatable bonds is 6. The molecule has 0 amide bonds. The fourth-order valence-electron chi connectivity index (χ4n) is 2.72. The lowest BCUT2D eigenvalue weighted by Gasteiger charge is -2.12. The van der Waals surface area contributed by atoms with Crippen molar-refractivity contribution in [3.05, 3.63) is 69.6 Å². The molecule has 0 aliphatic heterocycles. The first-order chi connectivity index (χ1) is 14.2. The highest BCUT2D eigenvalue weighted by Crippen LogP contribution is 2.30. The second-order valence-corrected chi connectivity index (χ2v) is 6.28. The normalized spacial score (nSPS) is 12.1. The number of aryl methyl sites for hydroxylation is 1. The molecule has 1 heterocycles. The minimum Gasteiger partial charge on any atom is -0.496 e. The van der Waals surface area contributed by atoms with Gasteiger partial charge >= 0.3 is 11.9 Å². The molecule has 158 valence electrons. The predicted octanol–water partition coefficient (Wildman–Crippen LogP) is 2.93. The van der Waals surface area contributed by atoms with Crippen LogP contribution >= 0.6 is 0 Å². The van der Waals surface area contributed by atoms with Crippen LogP contribution in [-0.2, 0) is 24.7 Å². The van der Waals surface area contributed by atoms with E-state index in [0.29, 0.717) is 17.0 Å². The summed E-state index contributed by atoms with van der Waals surface area (Å²) in [5.74, 6) is 0.428. The Morgan fingerprint density at radius 2 is 1.90 bits per heavy atom. The molecular formula is C19H18F3N5O3. The molecule has 3 aromatic rings. The molecule has 0 atom stereocenters. The van der Waals surface area contributed by atoms with Crippen molar-refractivity contribution >= 4 is 5.71 Å². The number of aromatic nitrogens is 4. The summed E-state index contributed by atoms with van der Waals surface area (Å²) < 4.78 is 46.2. The zero-order valence-electron chi connectivity index (χ0n) is 16.3. The van der Waals surface area contributed by atoms with Crippen LogP contribution in [-0.4, -0.2) is 32.6 Å². The van der Waals surface area contributed by atoms with E-state index < -0.39 is 17.4 Å². The Morgan fingerprint density at radius 3 is 2.53 bits per heavy atom. The molecule has 11 heteroatoms. The summed E-state index contributed by atoms with van der Waals surface area (Å²) in [6, 6.07) is 9.78. The number of nitrogens with zero attached hydrogens (tertiary/aromatic N) is 5. The van der Waals surface area contributed by atoms with Crippen LogP contribution in [0.25, 0.3) is 5.69 Å². The van der Waals surface area contributed by atoms with Crippen molar-refractivity contribution in [3.63, 3.8) is 0 Å². The van der Waals surface area contributed by atoms with Gasteiger partial charge in [-0.1, -0.05) is 23.4 Å². The van der Waals surface area contributed by atoms with Gasteiger partial charge in [-0.3, -0.25) is 0 Å².